The van der Waals surface area contributed by atoms with Crippen LogP contribution in [0.2, 0.25) is 0 Å². The molecule has 0 N–H and O–H groups in total. The van der Waals surface area contributed by atoms with Crippen molar-refractivity contribution in [2.75, 3.05) is 19.7 Å². The van der Waals surface area contributed by atoms with Gasteiger partial charge in [-0.3, -0.25) is 9.59 Å². The molecule has 1 rings (SSSR count). The van der Waals surface area contributed by atoms with E-state index in [1.54, 1.807) is 6.92 Å². The van der Waals surface area contributed by atoms with Crippen molar-refractivity contribution in [3.05, 3.63) is 29.8 Å². The first-order valence-electron chi connectivity index (χ1n) is 6.16. The van der Waals surface area contributed by atoms with E-state index in [-0.39, 0.29) is 18.8 Å². The van der Waals surface area contributed by atoms with Crippen LogP contribution >= 0.6 is 0 Å². The molecule has 0 atom stereocenters. The smallest absolute Gasteiger partial charge is 0.325 e. The zero-order chi connectivity index (χ0) is 14.3. The van der Waals surface area contributed by atoms with Crippen molar-refractivity contribution >= 4 is 11.9 Å². The monoisotopic (exact) mass is 268 g/mol. The van der Waals surface area contributed by atoms with E-state index < -0.39 is 17.8 Å². The average molecular weight is 268 g/mol. The Morgan fingerprint density at radius 1 is 1.37 bits per heavy atom. The van der Waals surface area contributed by atoms with Gasteiger partial charge in [0.05, 0.1) is 6.61 Å². The molecule has 0 saturated heterocycles. The van der Waals surface area contributed by atoms with Gasteiger partial charge < -0.3 is 9.64 Å². The molecule has 1 amide bonds. The zero-order valence-electron chi connectivity index (χ0n) is 11.1. The second-order valence-electron chi connectivity index (χ2n) is 3.88. The molecule has 0 aromatic carbocycles. The Balaban J connectivity index is 2.80. The van der Waals surface area contributed by atoms with Crippen LogP contribution in [-0.4, -0.2) is 41.5 Å². The molecule has 0 aliphatic rings. The topological polar surface area (TPSA) is 59.5 Å². The lowest BCUT2D eigenvalue weighted by Gasteiger charge is -2.20. The van der Waals surface area contributed by atoms with Gasteiger partial charge in [-0.1, -0.05) is 13.0 Å². The van der Waals surface area contributed by atoms with Crippen LogP contribution in [0.1, 0.15) is 30.8 Å². The number of halogens is 1. The Bertz CT molecular complexity index is 451. The van der Waals surface area contributed by atoms with Crippen LogP contribution in [0.3, 0.4) is 0 Å². The van der Waals surface area contributed by atoms with Crippen LogP contribution in [0.25, 0.3) is 0 Å². The van der Waals surface area contributed by atoms with Crippen LogP contribution in [0.15, 0.2) is 18.2 Å². The van der Waals surface area contributed by atoms with E-state index in [1.807, 2.05) is 6.92 Å². The summed E-state index contributed by atoms with van der Waals surface area (Å²) in [7, 11) is 0. The Hall–Kier alpha value is -1.98. The molecule has 0 bridgehead atoms. The summed E-state index contributed by atoms with van der Waals surface area (Å²) in [6.07, 6.45) is 0.681. The first kappa shape index (κ1) is 15.1. The minimum atomic E-state index is -0.724. The summed E-state index contributed by atoms with van der Waals surface area (Å²) < 4.78 is 17.8. The lowest BCUT2D eigenvalue weighted by atomic mass is 10.3. The fraction of sp³-hybridized carbons (Fsp3) is 0.462. The summed E-state index contributed by atoms with van der Waals surface area (Å²) in [4.78, 5) is 28.4. The van der Waals surface area contributed by atoms with Gasteiger partial charge in [0.15, 0.2) is 0 Å². The number of amides is 1. The molecular weight excluding hydrogens is 251 g/mol. The van der Waals surface area contributed by atoms with Gasteiger partial charge in [0.2, 0.25) is 5.95 Å². The summed E-state index contributed by atoms with van der Waals surface area (Å²) in [5.41, 5.74) is -0.0160. The second-order valence-corrected chi connectivity index (χ2v) is 3.88. The SMILES string of the molecule is CCCN(CC(=O)OCC)C(=O)c1cccc(F)n1. The molecule has 0 radical (unpaired) electrons. The predicted octanol–water partition coefficient (Wildman–Crippen LogP) is 1.64. The number of hydrogen-bond acceptors (Lipinski definition) is 4. The van der Waals surface area contributed by atoms with Crippen molar-refractivity contribution in [1.29, 1.82) is 0 Å². The standard InChI is InChI=1S/C13H17FN2O3/c1-3-8-16(9-12(17)19-4-2)13(18)10-6-5-7-11(14)15-10/h5-7H,3-4,8-9H2,1-2H3. The molecule has 0 unspecified atom stereocenters. The molecule has 1 aromatic heterocycles. The van der Waals surface area contributed by atoms with Gasteiger partial charge in [-0.2, -0.15) is 4.39 Å². The molecule has 6 heteroatoms. The van der Waals surface area contributed by atoms with Gasteiger partial charge in [0.25, 0.3) is 5.91 Å². The summed E-state index contributed by atoms with van der Waals surface area (Å²) in [6.45, 7) is 4.06. The van der Waals surface area contributed by atoms with E-state index in [9.17, 15) is 14.0 Å². The summed E-state index contributed by atoms with van der Waals surface area (Å²) >= 11 is 0. The molecule has 104 valence electrons. The van der Waals surface area contributed by atoms with Crippen molar-refractivity contribution in [3.63, 3.8) is 0 Å². The lowest BCUT2D eigenvalue weighted by molar-refractivity contribution is -0.143. The van der Waals surface area contributed by atoms with Crippen molar-refractivity contribution in [3.8, 4) is 0 Å². The van der Waals surface area contributed by atoms with Gasteiger partial charge in [-0.25, -0.2) is 4.98 Å². The molecule has 0 spiro atoms. The van der Waals surface area contributed by atoms with Crippen molar-refractivity contribution in [2.45, 2.75) is 20.3 Å². The third kappa shape index (κ3) is 4.65. The predicted molar refractivity (Wildman–Crippen MR) is 67.0 cm³/mol. The highest BCUT2D eigenvalue weighted by molar-refractivity contribution is 5.94. The molecule has 1 heterocycles. The Morgan fingerprint density at radius 2 is 2.11 bits per heavy atom. The first-order chi connectivity index (χ1) is 9.08. The molecule has 0 saturated carbocycles. The van der Waals surface area contributed by atoms with Crippen LogP contribution in [0, 0.1) is 5.95 Å². The van der Waals surface area contributed by atoms with Crippen molar-refractivity contribution in [1.82, 2.24) is 9.88 Å². The molecule has 0 aliphatic heterocycles. The summed E-state index contributed by atoms with van der Waals surface area (Å²) in [6, 6.07) is 3.98. The Labute approximate surface area is 111 Å². The maximum absolute atomic E-state index is 13.0. The van der Waals surface area contributed by atoms with E-state index in [0.717, 1.165) is 6.07 Å². The molecule has 1 aromatic rings. The Kier molecular flexibility index (Phi) is 5.92. The maximum atomic E-state index is 13.0. The highest BCUT2D eigenvalue weighted by Gasteiger charge is 2.20. The van der Waals surface area contributed by atoms with E-state index in [2.05, 4.69) is 4.98 Å². The number of esters is 1. The number of pyridine rings is 1. The van der Waals surface area contributed by atoms with Crippen LogP contribution < -0.4 is 0 Å². The third-order valence-electron chi connectivity index (χ3n) is 2.34. The van der Waals surface area contributed by atoms with Gasteiger partial charge >= 0.3 is 5.97 Å². The van der Waals surface area contributed by atoms with Gasteiger partial charge in [0.1, 0.15) is 12.2 Å². The normalized spacial score (nSPS) is 10.1. The van der Waals surface area contributed by atoms with Gasteiger partial charge in [-0.15, -0.1) is 0 Å². The van der Waals surface area contributed by atoms with Gasteiger partial charge in [-0.05, 0) is 25.5 Å². The quantitative estimate of drug-likeness (QED) is 0.581. The van der Waals surface area contributed by atoms with E-state index in [0.29, 0.717) is 13.0 Å². The molecule has 0 aliphatic carbocycles. The van der Waals surface area contributed by atoms with Crippen LogP contribution in [0.4, 0.5) is 4.39 Å². The summed E-state index contributed by atoms with van der Waals surface area (Å²) in [5.74, 6) is -1.69. The van der Waals surface area contributed by atoms with Crippen LogP contribution in [0.5, 0.6) is 0 Å². The van der Waals surface area contributed by atoms with E-state index >= 15 is 0 Å². The number of aromatic nitrogens is 1. The van der Waals surface area contributed by atoms with Crippen molar-refractivity contribution < 1.29 is 18.7 Å². The number of nitrogens with zero attached hydrogens (tertiary/aromatic N) is 2. The highest BCUT2D eigenvalue weighted by Crippen LogP contribution is 2.05. The van der Waals surface area contributed by atoms with Gasteiger partial charge in [0, 0.05) is 6.54 Å². The fourth-order valence-electron chi connectivity index (χ4n) is 1.57. The first-order valence-corrected chi connectivity index (χ1v) is 6.16. The second kappa shape index (κ2) is 7.45. The summed E-state index contributed by atoms with van der Waals surface area (Å²) in [5, 5.41) is 0. The molecule has 5 nitrogen and oxygen atoms in total. The molecule has 0 fully saturated rings. The number of hydrogen-bond donors (Lipinski definition) is 0. The zero-order valence-corrected chi connectivity index (χ0v) is 11.1. The van der Waals surface area contributed by atoms with Crippen molar-refractivity contribution in [2.24, 2.45) is 0 Å². The lowest BCUT2D eigenvalue weighted by Crippen LogP contribution is -2.37. The minimum absolute atomic E-state index is 0.0160. The number of rotatable bonds is 6. The van der Waals surface area contributed by atoms with E-state index in [1.165, 1.54) is 17.0 Å². The maximum Gasteiger partial charge on any atom is 0.325 e. The molecule has 19 heavy (non-hydrogen) atoms. The van der Waals surface area contributed by atoms with Crippen LogP contribution in [-0.2, 0) is 9.53 Å². The Morgan fingerprint density at radius 3 is 2.68 bits per heavy atom. The van der Waals surface area contributed by atoms with E-state index in [4.69, 9.17) is 4.74 Å². The number of carbonyl (C=O) groups excluding carboxylic acids is 2. The highest BCUT2D eigenvalue weighted by atomic mass is 19.1. The average Bonchev–Trinajstić information content (AvgIpc) is 2.37. The number of ether oxygens (including phenoxy) is 1. The molecular formula is C13H17FN2O3. The number of carbonyl (C=O) groups is 2. The fourth-order valence-corrected chi connectivity index (χ4v) is 1.57. The minimum Gasteiger partial charge on any atom is -0.465 e. The largest absolute Gasteiger partial charge is 0.465 e. The third-order valence-corrected chi connectivity index (χ3v) is 2.34.